The van der Waals surface area contributed by atoms with Crippen molar-refractivity contribution in [3.05, 3.63) is 56.6 Å². The fourth-order valence-electron chi connectivity index (χ4n) is 2.07. The second-order valence-corrected chi connectivity index (χ2v) is 5.13. The SMILES string of the molecule is O=C(O)c1cccc2c1[nH]c(=O)n2Cc1cccs1. The molecule has 0 aliphatic heterocycles. The van der Waals surface area contributed by atoms with Gasteiger partial charge in [0.05, 0.1) is 23.1 Å². The second kappa shape index (κ2) is 4.40. The third-order valence-electron chi connectivity index (χ3n) is 2.93. The average Bonchev–Trinajstić information content (AvgIpc) is 2.98. The zero-order chi connectivity index (χ0) is 13.4. The van der Waals surface area contributed by atoms with E-state index >= 15 is 0 Å². The van der Waals surface area contributed by atoms with Gasteiger partial charge in [0, 0.05) is 4.88 Å². The predicted molar refractivity (Wildman–Crippen MR) is 72.9 cm³/mol. The molecular weight excluding hydrogens is 264 g/mol. The van der Waals surface area contributed by atoms with E-state index in [-0.39, 0.29) is 11.3 Å². The molecule has 5 nitrogen and oxygen atoms in total. The molecule has 0 saturated carbocycles. The zero-order valence-electron chi connectivity index (χ0n) is 9.79. The van der Waals surface area contributed by atoms with Crippen LogP contribution < -0.4 is 5.69 Å². The topological polar surface area (TPSA) is 75.1 Å². The number of fused-ring (bicyclic) bond motifs is 1. The van der Waals surface area contributed by atoms with Gasteiger partial charge in [-0.05, 0) is 23.6 Å². The van der Waals surface area contributed by atoms with Crippen molar-refractivity contribution >= 4 is 28.3 Å². The van der Waals surface area contributed by atoms with Gasteiger partial charge in [-0.25, -0.2) is 9.59 Å². The molecule has 0 aliphatic rings. The van der Waals surface area contributed by atoms with Crippen LogP contribution in [0.1, 0.15) is 15.2 Å². The standard InChI is InChI=1S/C13H10N2O3S/c16-12(17)9-4-1-5-10-11(9)14-13(18)15(10)7-8-3-2-6-19-8/h1-6H,7H2,(H,14,18)(H,16,17). The molecule has 0 saturated heterocycles. The van der Waals surface area contributed by atoms with Crippen LogP contribution in [0.2, 0.25) is 0 Å². The summed E-state index contributed by atoms with van der Waals surface area (Å²) >= 11 is 1.56. The first kappa shape index (κ1) is 11.7. The number of aromatic carboxylic acids is 1. The van der Waals surface area contributed by atoms with E-state index in [1.54, 1.807) is 28.0 Å². The van der Waals surface area contributed by atoms with Crippen molar-refractivity contribution < 1.29 is 9.90 Å². The van der Waals surface area contributed by atoms with E-state index in [2.05, 4.69) is 4.98 Å². The summed E-state index contributed by atoms with van der Waals surface area (Å²) in [5, 5.41) is 11.1. The smallest absolute Gasteiger partial charge is 0.337 e. The monoisotopic (exact) mass is 274 g/mol. The fraction of sp³-hybridized carbons (Fsp3) is 0.0769. The fourth-order valence-corrected chi connectivity index (χ4v) is 2.77. The van der Waals surface area contributed by atoms with Gasteiger partial charge in [0.1, 0.15) is 0 Å². The van der Waals surface area contributed by atoms with Gasteiger partial charge in [-0.15, -0.1) is 11.3 Å². The molecule has 2 aromatic heterocycles. The summed E-state index contributed by atoms with van der Waals surface area (Å²) in [6.07, 6.45) is 0. The highest BCUT2D eigenvalue weighted by Gasteiger charge is 2.14. The van der Waals surface area contributed by atoms with Crippen molar-refractivity contribution in [2.45, 2.75) is 6.54 Å². The number of hydrogen-bond donors (Lipinski definition) is 2. The van der Waals surface area contributed by atoms with Gasteiger partial charge in [0.15, 0.2) is 0 Å². The van der Waals surface area contributed by atoms with E-state index in [4.69, 9.17) is 5.11 Å². The molecule has 3 rings (SSSR count). The molecule has 1 aromatic carbocycles. The highest BCUT2D eigenvalue weighted by molar-refractivity contribution is 7.09. The average molecular weight is 274 g/mol. The largest absolute Gasteiger partial charge is 0.478 e. The number of para-hydroxylation sites is 1. The number of nitrogens with zero attached hydrogens (tertiary/aromatic N) is 1. The van der Waals surface area contributed by atoms with Crippen molar-refractivity contribution in [2.75, 3.05) is 0 Å². The second-order valence-electron chi connectivity index (χ2n) is 4.10. The Morgan fingerprint density at radius 2 is 2.16 bits per heavy atom. The molecule has 96 valence electrons. The van der Waals surface area contributed by atoms with E-state index in [0.717, 1.165) is 4.88 Å². The minimum atomic E-state index is -1.05. The lowest BCUT2D eigenvalue weighted by Crippen LogP contribution is -2.16. The van der Waals surface area contributed by atoms with Crippen molar-refractivity contribution in [3.63, 3.8) is 0 Å². The minimum Gasteiger partial charge on any atom is -0.478 e. The maximum absolute atomic E-state index is 12.0. The van der Waals surface area contributed by atoms with Crippen LogP contribution in [0, 0.1) is 0 Å². The van der Waals surface area contributed by atoms with Gasteiger partial charge in [-0.1, -0.05) is 12.1 Å². The van der Waals surface area contributed by atoms with Crippen LogP contribution in [-0.2, 0) is 6.54 Å². The van der Waals surface area contributed by atoms with Crippen LogP contribution in [0.5, 0.6) is 0 Å². The number of nitrogens with one attached hydrogen (secondary N) is 1. The summed E-state index contributed by atoms with van der Waals surface area (Å²) in [5.41, 5.74) is 0.798. The molecule has 2 heterocycles. The Bertz CT molecular complexity index is 799. The third-order valence-corrected chi connectivity index (χ3v) is 3.80. The molecule has 0 atom stereocenters. The molecule has 2 N–H and O–H groups in total. The Hall–Kier alpha value is -2.34. The van der Waals surface area contributed by atoms with E-state index in [1.807, 2.05) is 17.5 Å². The van der Waals surface area contributed by atoms with Crippen LogP contribution in [0.15, 0.2) is 40.5 Å². The first-order valence-electron chi connectivity index (χ1n) is 5.64. The highest BCUT2D eigenvalue weighted by Crippen LogP contribution is 2.18. The normalized spacial score (nSPS) is 10.9. The maximum atomic E-state index is 12.0. The van der Waals surface area contributed by atoms with Crippen LogP contribution in [0.4, 0.5) is 0 Å². The number of carboxylic acid groups (broad SMARTS) is 1. The predicted octanol–water partition coefficient (Wildman–Crippen LogP) is 2.14. The van der Waals surface area contributed by atoms with Gasteiger partial charge < -0.3 is 10.1 Å². The van der Waals surface area contributed by atoms with Crippen LogP contribution >= 0.6 is 11.3 Å². The number of carbonyl (C=O) groups is 1. The number of imidazole rings is 1. The van der Waals surface area contributed by atoms with Gasteiger partial charge in [-0.3, -0.25) is 4.57 Å². The van der Waals surface area contributed by atoms with Gasteiger partial charge in [0.2, 0.25) is 0 Å². The summed E-state index contributed by atoms with van der Waals surface area (Å²) in [5.74, 6) is -1.05. The molecule has 6 heteroatoms. The molecule has 0 radical (unpaired) electrons. The molecule has 19 heavy (non-hydrogen) atoms. The molecule has 0 aliphatic carbocycles. The van der Waals surface area contributed by atoms with Gasteiger partial charge in [-0.2, -0.15) is 0 Å². The molecule has 0 fully saturated rings. The number of aromatic nitrogens is 2. The Labute approximate surface area is 111 Å². The molecule has 0 amide bonds. The lowest BCUT2D eigenvalue weighted by atomic mass is 10.2. The molecule has 0 bridgehead atoms. The van der Waals surface area contributed by atoms with E-state index in [0.29, 0.717) is 17.6 Å². The first-order chi connectivity index (χ1) is 9.16. The number of H-pyrrole nitrogens is 1. The molecular formula is C13H10N2O3S. The molecule has 0 spiro atoms. The molecule has 3 aromatic rings. The summed E-state index contributed by atoms with van der Waals surface area (Å²) in [7, 11) is 0. The first-order valence-corrected chi connectivity index (χ1v) is 6.52. The highest BCUT2D eigenvalue weighted by atomic mass is 32.1. The number of carboxylic acids is 1. The van der Waals surface area contributed by atoms with Crippen LogP contribution in [0.3, 0.4) is 0 Å². The summed E-state index contributed by atoms with van der Waals surface area (Å²) < 4.78 is 1.55. The summed E-state index contributed by atoms with van der Waals surface area (Å²) in [4.78, 5) is 26.7. The van der Waals surface area contributed by atoms with Crippen LogP contribution in [0.25, 0.3) is 11.0 Å². The van der Waals surface area contributed by atoms with E-state index < -0.39 is 5.97 Å². The van der Waals surface area contributed by atoms with E-state index in [9.17, 15) is 9.59 Å². The van der Waals surface area contributed by atoms with Crippen molar-refractivity contribution in [1.82, 2.24) is 9.55 Å². The lowest BCUT2D eigenvalue weighted by Gasteiger charge is -2.01. The number of benzene rings is 1. The van der Waals surface area contributed by atoms with Gasteiger partial charge in [0.25, 0.3) is 0 Å². The van der Waals surface area contributed by atoms with Crippen molar-refractivity contribution in [3.8, 4) is 0 Å². The van der Waals surface area contributed by atoms with Crippen molar-refractivity contribution in [2.24, 2.45) is 0 Å². The Morgan fingerprint density at radius 3 is 2.84 bits per heavy atom. The quantitative estimate of drug-likeness (QED) is 0.768. The number of aromatic amines is 1. The number of hydrogen-bond acceptors (Lipinski definition) is 3. The zero-order valence-corrected chi connectivity index (χ0v) is 10.6. The van der Waals surface area contributed by atoms with E-state index in [1.165, 1.54) is 6.07 Å². The molecule has 0 unspecified atom stereocenters. The number of rotatable bonds is 3. The Kier molecular flexibility index (Phi) is 2.72. The minimum absolute atomic E-state index is 0.111. The lowest BCUT2D eigenvalue weighted by molar-refractivity contribution is 0.0699. The Balaban J connectivity index is 2.20. The number of thiophene rings is 1. The summed E-state index contributed by atoms with van der Waals surface area (Å²) in [6.45, 7) is 0.444. The maximum Gasteiger partial charge on any atom is 0.337 e. The van der Waals surface area contributed by atoms with Crippen molar-refractivity contribution in [1.29, 1.82) is 0 Å². The third kappa shape index (κ3) is 1.96. The van der Waals surface area contributed by atoms with Crippen LogP contribution in [-0.4, -0.2) is 20.6 Å². The Morgan fingerprint density at radius 1 is 1.32 bits per heavy atom. The summed E-state index contributed by atoms with van der Waals surface area (Å²) in [6, 6.07) is 8.73. The van der Waals surface area contributed by atoms with Gasteiger partial charge >= 0.3 is 11.7 Å².